The fourth-order valence-electron chi connectivity index (χ4n) is 7.46. The van der Waals surface area contributed by atoms with Crippen molar-refractivity contribution in [3.05, 3.63) is 164 Å². The van der Waals surface area contributed by atoms with E-state index in [-0.39, 0.29) is 0 Å². The molecule has 3 aromatic heterocycles. The van der Waals surface area contributed by atoms with E-state index in [1.165, 1.54) is 71.0 Å². The number of rotatable bonds is 3. The Bertz CT molecular complexity index is 2690. The minimum absolute atomic E-state index is 1.15. The molecular formula is C42H27N3. The van der Waals surface area contributed by atoms with Crippen LogP contribution in [0.3, 0.4) is 0 Å². The summed E-state index contributed by atoms with van der Waals surface area (Å²) >= 11 is 0. The summed E-state index contributed by atoms with van der Waals surface area (Å²) in [6.45, 7) is 0. The van der Waals surface area contributed by atoms with E-state index < -0.39 is 0 Å². The zero-order valence-corrected chi connectivity index (χ0v) is 24.4. The van der Waals surface area contributed by atoms with Crippen LogP contribution in [-0.2, 0) is 0 Å². The van der Waals surface area contributed by atoms with Crippen molar-refractivity contribution in [1.29, 1.82) is 0 Å². The average Bonchev–Trinajstić information content (AvgIpc) is 3.78. The topological polar surface area (TPSA) is 14.8 Å². The van der Waals surface area contributed by atoms with Crippen LogP contribution in [0, 0.1) is 0 Å². The summed E-state index contributed by atoms with van der Waals surface area (Å²) in [5.41, 5.74) is 9.59. The third kappa shape index (κ3) is 3.46. The third-order valence-corrected chi connectivity index (χ3v) is 9.46. The van der Waals surface area contributed by atoms with Crippen LogP contribution in [0.2, 0.25) is 0 Å². The van der Waals surface area contributed by atoms with Crippen molar-refractivity contribution in [3.63, 3.8) is 0 Å². The Labute approximate surface area is 259 Å². The summed E-state index contributed by atoms with van der Waals surface area (Å²) in [5, 5.41) is 8.88. The van der Waals surface area contributed by atoms with Crippen LogP contribution < -0.4 is 0 Å². The zero-order valence-electron chi connectivity index (χ0n) is 24.4. The molecule has 10 rings (SSSR count). The van der Waals surface area contributed by atoms with Crippen molar-refractivity contribution in [2.45, 2.75) is 0 Å². The molecule has 0 atom stereocenters. The van der Waals surface area contributed by atoms with Gasteiger partial charge in [0.05, 0.1) is 27.6 Å². The maximum atomic E-state index is 2.42. The van der Waals surface area contributed by atoms with Gasteiger partial charge in [-0.05, 0) is 89.6 Å². The fraction of sp³-hybridized carbons (Fsp3) is 0. The van der Waals surface area contributed by atoms with Crippen molar-refractivity contribution in [1.82, 2.24) is 13.7 Å². The molecule has 0 N–H and O–H groups in total. The van der Waals surface area contributed by atoms with Gasteiger partial charge < -0.3 is 13.7 Å². The molecule has 0 aliphatic rings. The molecule has 3 heteroatoms. The second kappa shape index (κ2) is 9.22. The summed E-state index contributed by atoms with van der Waals surface area (Å²) in [6.07, 6.45) is 2.19. The summed E-state index contributed by atoms with van der Waals surface area (Å²) in [4.78, 5) is 0. The van der Waals surface area contributed by atoms with E-state index in [1.54, 1.807) is 0 Å². The Morgan fingerprint density at radius 2 is 0.800 bits per heavy atom. The standard InChI is InChI=1S/C42H27N3/c1-2-10-29(11-3-1)43-25-24-35-36-27-37-34-14-6-9-17-41(34)45(42(37)26-28(36)18-23-38(35)43)31-21-19-30(20-22-31)44-39-15-7-4-12-32(39)33-13-5-8-16-40(33)44/h1-27H. The molecule has 10 aromatic rings. The van der Waals surface area contributed by atoms with Crippen molar-refractivity contribution >= 4 is 65.3 Å². The van der Waals surface area contributed by atoms with Crippen LogP contribution >= 0.6 is 0 Å². The Morgan fingerprint density at radius 1 is 0.289 bits per heavy atom. The van der Waals surface area contributed by atoms with Gasteiger partial charge in [-0.3, -0.25) is 0 Å². The lowest BCUT2D eigenvalue weighted by molar-refractivity contribution is 1.13. The Hall–Kier alpha value is -6.06. The summed E-state index contributed by atoms with van der Waals surface area (Å²) in [7, 11) is 0. The molecule has 7 aromatic carbocycles. The highest BCUT2D eigenvalue weighted by molar-refractivity contribution is 6.18. The molecule has 0 aliphatic carbocycles. The first-order valence-corrected chi connectivity index (χ1v) is 15.4. The lowest BCUT2D eigenvalue weighted by Gasteiger charge is -2.12. The van der Waals surface area contributed by atoms with Crippen molar-refractivity contribution in [2.75, 3.05) is 0 Å². The van der Waals surface area contributed by atoms with Crippen LogP contribution in [0.5, 0.6) is 0 Å². The van der Waals surface area contributed by atoms with Crippen molar-refractivity contribution in [2.24, 2.45) is 0 Å². The van der Waals surface area contributed by atoms with Crippen LogP contribution in [0.4, 0.5) is 0 Å². The summed E-state index contributed by atoms with van der Waals surface area (Å²) < 4.78 is 7.07. The number of hydrogen-bond acceptors (Lipinski definition) is 0. The molecule has 45 heavy (non-hydrogen) atoms. The van der Waals surface area contributed by atoms with Gasteiger partial charge in [0.25, 0.3) is 0 Å². The highest BCUT2D eigenvalue weighted by atomic mass is 15.0. The second-order valence-electron chi connectivity index (χ2n) is 11.8. The number of aromatic nitrogens is 3. The van der Waals surface area contributed by atoms with E-state index in [4.69, 9.17) is 0 Å². The van der Waals surface area contributed by atoms with Crippen LogP contribution in [-0.4, -0.2) is 13.7 Å². The maximum absolute atomic E-state index is 2.42. The molecule has 0 bridgehead atoms. The van der Waals surface area contributed by atoms with Gasteiger partial charge in [0.15, 0.2) is 0 Å². The molecule has 0 saturated carbocycles. The molecule has 0 fully saturated rings. The van der Waals surface area contributed by atoms with E-state index in [0.717, 1.165) is 11.4 Å². The van der Waals surface area contributed by atoms with Crippen LogP contribution in [0.25, 0.3) is 82.3 Å². The van der Waals surface area contributed by atoms with Gasteiger partial charge in [-0.1, -0.05) is 78.9 Å². The number of fused-ring (bicyclic) bond motifs is 9. The predicted octanol–water partition coefficient (Wildman–Crippen LogP) is 11.0. The van der Waals surface area contributed by atoms with E-state index in [1.807, 2.05) is 0 Å². The lowest BCUT2D eigenvalue weighted by atomic mass is 10.0. The smallest absolute Gasteiger partial charge is 0.0547 e. The Kier molecular flexibility index (Phi) is 5.00. The zero-order chi connectivity index (χ0) is 29.5. The SMILES string of the molecule is c1ccc(-n2ccc3c4cc5c6ccccc6n(-c6ccc(-n7c8ccccc8c8ccccc87)cc6)c5cc4ccc32)cc1. The molecule has 3 nitrogen and oxygen atoms in total. The van der Waals surface area contributed by atoms with E-state index >= 15 is 0 Å². The first-order chi connectivity index (χ1) is 22.3. The lowest BCUT2D eigenvalue weighted by Crippen LogP contribution is -1.97. The van der Waals surface area contributed by atoms with Gasteiger partial charge >= 0.3 is 0 Å². The quantitative estimate of drug-likeness (QED) is 0.200. The monoisotopic (exact) mass is 573 g/mol. The van der Waals surface area contributed by atoms with E-state index in [2.05, 4.69) is 178 Å². The Balaban J connectivity index is 1.18. The molecule has 210 valence electrons. The normalized spacial score (nSPS) is 12.0. The van der Waals surface area contributed by atoms with Crippen molar-refractivity contribution in [3.8, 4) is 17.1 Å². The molecule has 0 unspecified atom stereocenters. The van der Waals surface area contributed by atoms with E-state index in [0.29, 0.717) is 0 Å². The number of hydrogen-bond donors (Lipinski definition) is 0. The Morgan fingerprint density at radius 3 is 1.42 bits per heavy atom. The maximum Gasteiger partial charge on any atom is 0.0547 e. The van der Waals surface area contributed by atoms with Crippen molar-refractivity contribution < 1.29 is 0 Å². The minimum atomic E-state index is 1.15. The molecule has 0 amide bonds. The average molecular weight is 574 g/mol. The van der Waals surface area contributed by atoms with Gasteiger partial charge in [0.2, 0.25) is 0 Å². The van der Waals surface area contributed by atoms with Gasteiger partial charge in [0, 0.05) is 50.2 Å². The van der Waals surface area contributed by atoms with Gasteiger partial charge in [0.1, 0.15) is 0 Å². The second-order valence-corrected chi connectivity index (χ2v) is 11.8. The number of benzene rings is 7. The first-order valence-electron chi connectivity index (χ1n) is 15.4. The predicted molar refractivity (Wildman–Crippen MR) is 189 cm³/mol. The van der Waals surface area contributed by atoms with Gasteiger partial charge in [-0.15, -0.1) is 0 Å². The van der Waals surface area contributed by atoms with Gasteiger partial charge in [-0.25, -0.2) is 0 Å². The van der Waals surface area contributed by atoms with E-state index in [9.17, 15) is 0 Å². The molecule has 0 aliphatic heterocycles. The van der Waals surface area contributed by atoms with Crippen LogP contribution in [0.1, 0.15) is 0 Å². The summed E-state index contributed by atoms with van der Waals surface area (Å²) in [5.74, 6) is 0. The highest BCUT2D eigenvalue weighted by Gasteiger charge is 2.16. The summed E-state index contributed by atoms with van der Waals surface area (Å²) in [6, 6.07) is 57.3. The minimum Gasteiger partial charge on any atom is -0.317 e. The molecule has 3 heterocycles. The van der Waals surface area contributed by atoms with Crippen LogP contribution in [0.15, 0.2) is 164 Å². The highest BCUT2D eigenvalue weighted by Crippen LogP contribution is 2.38. The first kappa shape index (κ1) is 24.4. The molecule has 0 radical (unpaired) electrons. The largest absolute Gasteiger partial charge is 0.317 e. The fourth-order valence-corrected chi connectivity index (χ4v) is 7.46. The molecule has 0 saturated heterocycles. The number of para-hydroxylation sites is 4. The molecule has 0 spiro atoms. The third-order valence-electron chi connectivity index (χ3n) is 9.46. The number of nitrogens with zero attached hydrogens (tertiary/aromatic N) is 3. The van der Waals surface area contributed by atoms with Gasteiger partial charge in [-0.2, -0.15) is 0 Å². The molecular weight excluding hydrogens is 546 g/mol.